The molecule has 2 aromatic carbocycles. The summed E-state index contributed by atoms with van der Waals surface area (Å²) in [6.07, 6.45) is -10.1. The number of carbonyl (C=O) groups excluding carboxylic acids is 2. The molecule has 0 atom stereocenters. The average molecular weight is 579 g/mol. The molecule has 0 spiro atoms. The van der Waals surface area contributed by atoms with Gasteiger partial charge in [-0.25, -0.2) is 4.90 Å². The number of alkyl halides is 6. The number of halogens is 7. The first-order valence-corrected chi connectivity index (χ1v) is 10.4. The van der Waals surface area contributed by atoms with Crippen LogP contribution in [0.4, 0.5) is 32.0 Å². The van der Waals surface area contributed by atoms with Crippen LogP contribution in [0.15, 0.2) is 42.5 Å². The first-order chi connectivity index (χ1) is 15.3. The molecule has 33 heavy (non-hydrogen) atoms. The minimum Gasteiger partial charge on any atom is -0.268 e. The Hall–Kier alpha value is -2.90. The van der Waals surface area contributed by atoms with E-state index in [0.29, 0.717) is 9.13 Å². The van der Waals surface area contributed by atoms with Crippen molar-refractivity contribution >= 4 is 40.1 Å². The van der Waals surface area contributed by atoms with E-state index in [2.05, 4.69) is 5.10 Å². The predicted octanol–water partition coefficient (Wildman–Crippen LogP) is 5.68. The van der Waals surface area contributed by atoms with Crippen molar-refractivity contribution in [3.05, 3.63) is 79.7 Å². The summed E-state index contributed by atoms with van der Waals surface area (Å²) < 4.78 is 79.2. The van der Waals surface area contributed by atoms with Gasteiger partial charge in [-0.2, -0.15) is 31.4 Å². The molecule has 0 saturated heterocycles. The lowest BCUT2D eigenvalue weighted by Crippen LogP contribution is -2.30. The fraction of sp³-hybridized carbons (Fsp3) is 0.190. The topological polar surface area (TPSA) is 55.2 Å². The third-order valence-electron chi connectivity index (χ3n) is 5.06. The van der Waals surface area contributed by atoms with Crippen LogP contribution in [0, 0.1) is 10.5 Å². The molecule has 4 rings (SSSR count). The SMILES string of the molecule is Cc1cc(Cn2nc(C(F)(F)F)cc2C(F)(F)F)ccc1N1C(=O)c2cccc(I)c2C1=O. The third-order valence-corrected chi connectivity index (χ3v) is 5.96. The zero-order chi connectivity index (χ0) is 24.3. The van der Waals surface area contributed by atoms with Crippen LogP contribution < -0.4 is 4.90 Å². The summed E-state index contributed by atoms with van der Waals surface area (Å²) in [6.45, 7) is 0.953. The molecule has 0 bridgehead atoms. The maximum absolute atomic E-state index is 13.2. The number of anilines is 1. The summed E-state index contributed by atoms with van der Waals surface area (Å²) in [7, 11) is 0. The van der Waals surface area contributed by atoms with Crippen molar-refractivity contribution in [1.29, 1.82) is 0 Å². The first kappa shape index (κ1) is 23.3. The number of hydrogen-bond acceptors (Lipinski definition) is 3. The molecule has 3 aromatic rings. The Morgan fingerprint density at radius 2 is 1.64 bits per heavy atom. The molecule has 0 saturated carbocycles. The minimum absolute atomic E-state index is 0.0400. The van der Waals surface area contributed by atoms with E-state index >= 15 is 0 Å². The number of aryl methyl sites for hydroxylation is 1. The Bertz CT molecular complexity index is 1300. The molecule has 1 aliphatic heterocycles. The van der Waals surface area contributed by atoms with Crippen LogP contribution in [-0.4, -0.2) is 21.6 Å². The van der Waals surface area contributed by atoms with E-state index in [-0.39, 0.29) is 33.1 Å². The normalized spacial score (nSPS) is 14.2. The molecule has 12 heteroatoms. The quantitative estimate of drug-likeness (QED) is 0.228. The maximum Gasteiger partial charge on any atom is 0.435 e. The molecule has 1 aromatic heterocycles. The highest BCUT2D eigenvalue weighted by atomic mass is 127. The monoisotopic (exact) mass is 579 g/mol. The molecule has 0 radical (unpaired) electrons. The predicted molar refractivity (Wildman–Crippen MR) is 113 cm³/mol. The summed E-state index contributed by atoms with van der Waals surface area (Å²) in [5.74, 6) is -1.07. The van der Waals surface area contributed by atoms with E-state index < -0.39 is 42.1 Å². The van der Waals surface area contributed by atoms with Gasteiger partial charge in [0.2, 0.25) is 0 Å². The van der Waals surface area contributed by atoms with Crippen molar-refractivity contribution in [2.24, 2.45) is 0 Å². The summed E-state index contributed by atoms with van der Waals surface area (Å²) in [6, 6.07) is 8.92. The molecule has 0 aliphatic carbocycles. The van der Waals surface area contributed by atoms with Crippen molar-refractivity contribution < 1.29 is 35.9 Å². The summed E-state index contributed by atoms with van der Waals surface area (Å²) in [4.78, 5) is 26.6. The second-order valence-corrected chi connectivity index (χ2v) is 8.46. The molecule has 0 unspecified atom stereocenters. The second-order valence-electron chi connectivity index (χ2n) is 7.30. The van der Waals surface area contributed by atoms with Gasteiger partial charge in [0.05, 0.1) is 23.4 Å². The smallest absolute Gasteiger partial charge is 0.268 e. The maximum atomic E-state index is 13.2. The zero-order valence-corrected chi connectivity index (χ0v) is 18.7. The number of nitrogens with zero attached hydrogens (tertiary/aromatic N) is 3. The lowest BCUT2D eigenvalue weighted by Gasteiger charge is -2.18. The number of amides is 2. The highest BCUT2D eigenvalue weighted by molar-refractivity contribution is 14.1. The summed E-state index contributed by atoms with van der Waals surface area (Å²) in [5.41, 5.74) is -1.86. The molecule has 0 N–H and O–H groups in total. The lowest BCUT2D eigenvalue weighted by atomic mass is 10.1. The Labute approximate surface area is 196 Å². The zero-order valence-electron chi connectivity index (χ0n) is 16.6. The van der Waals surface area contributed by atoms with Crippen molar-refractivity contribution in [2.45, 2.75) is 25.8 Å². The first-order valence-electron chi connectivity index (χ1n) is 9.28. The second kappa shape index (κ2) is 7.85. The van der Waals surface area contributed by atoms with Crippen LogP contribution >= 0.6 is 22.6 Å². The van der Waals surface area contributed by atoms with Crippen LogP contribution in [0.5, 0.6) is 0 Å². The Morgan fingerprint density at radius 3 is 2.21 bits per heavy atom. The van der Waals surface area contributed by atoms with Gasteiger partial charge in [0, 0.05) is 9.64 Å². The third kappa shape index (κ3) is 4.11. The number of hydrogen-bond donors (Lipinski definition) is 0. The minimum atomic E-state index is -5.04. The fourth-order valence-corrected chi connectivity index (χ4v) is 4.34. The van der Waals surface area contributed by atoms with Gasteiger partial charge in [-0.3, -0.25) is 14.3 Å². The van der Waals surface area contributed by atoms with Gasteiger partial charge in [-0.05, 0) is 58.8 Å². The van der Waals surface area contributed by atoms with Crippen LogP contribution in [0.3, 0.4) is 0 Å². The van der Waals surface area contributed by atoms with Gasteiger partial charge >= 0.3 is 12.4 Å². The van der Waals surface area contributed by atoms with Crippen molar-refractivity contribution in [3.63, 3.8) is 0 Å². The van der Waals surface area contributed by atoms with Gasteiger partial charge in [0.1, 0.15) is 5.69 Å². The van der Waals surface area contributed by atoms with Crippen LogP contribution in [0.1, 0.15) is 43.2 Å². The van der Waals surface area contributed by atoms with E-state index in [4.69, 9.17) is 0 Å². The van der Waals surface area contributed by atoms with Crippen molar-refractivity contribution in [3.8, 4) is 0 Å². The van der Waals surface area contributed by atoms with Crippen molar-refractivity contribution in [2.75, 3.05) is 4.90 Å². The Balaban J connectivity index is 1.68. The van der Waals surface area contributed by atoms with E-state index in [1.54, 1.807) is 19.1 Å². The number of fused-ring (bicyclic) bond motifs is 1. The highest BCUT2D eigenvalue weighted by Gasteiger charge is 2.42. The molecular formula is C21H12F6IN3O2. The molecule has 1 aliphatic rings. The van der Waals surface area contributed by atoms with E-state index in [1.165, 1.54) is 24.3 Å². The van der Waals surface area contributed by atoms with Gasteiger partial charge in [-0.15, -0.1) is 0 Å². The molecule has 2 heterocycles. The molecule has 0 fully saturated rings. The lowest BCUT2D eigenvalue weighted by molar-refractivity contribution is -0.144. The van der Waals surface area contributed by atoms with Gasteiger partial charge in [-0.1, -0.05) is 18.2 Å². The highest BCUT2D eigenvalue weighted by Crippen LogP contribution is 2.36. The number of imide groups is 1. The molecule has 2 amide bonds. The number of carbonyl (C=O) groups is 2. The fourth-order valence-electron chi connectivity index (χ4n) is 3.61. The van der Waals surface area contributed by atoms with E-state index in [9.17, 15) is 35.9 Å². The Morgan fingerprint density at radius 1 is 0.939 bits per heavy atom. The van der Waals surface area contributed by atoms with Gasteiger partial charge in [0.15, 0.2) is 5.69 Å². The largest absolute Gasteiger partial charge is 0.435 e. The van der Waals surface area contributed by atoms with E-state index in [0.717, 1.165) is 4.90 Å². The van der Waals surface area contributed by atoms with Crippen LogP contribution in [0.2, 0.25) is 0 Å². The number of aromatic nitrogens is 2. The van der Waals surface area contributed by atoms with Gasteiger partial charge in [0.25, 0.3) is 11.8 Å². The van der Waals surface area contributed by atoms with Crippen LogP contribution in [-0.2, 0) is 18.9 Å². The van der Waals surface area contributed by atoms with E-state index in [1.807, 2.05) is 22.6 Å². The number of benzene rings is 2. The van der Waals surface area contributed by atoms with Gasteiger partial charge < -0.3 is 0 Å². The average Bonchev–Trinajstić information content (AvgIpc) is 3.23. The summed E-state index contributed by atoms with van der Waals surface area (Å²) >= 11 is 1.94. The molecule has 5 nitrogen and oxygen atoms in total. The van der Waals surface area contributed by atoms with Crippen molar-refractivity contribution in [1.82, 2.24) is 9.78 Å². The summed E-state index contributed by atoms with van der Waals surface area (Å²) in [5, 5.41) is 3.09. The van der Waals surface area contributed by atoms with Crippen LogP contribution in [0.25, 0.3) is 0 Å². The standard InChI is InChI=1S/C21H12F6IN3O2/c1-10-7-11(9-30-16(21(25,26)27)8-15(29-30)20(22,23)24)5-6-14(10)31-18(32)12-3-2-4-13(28)17(12)19(31)33/h2-8H,9H2,1H3. The number of rotatable bonds is 3. The Kier molecular flexibility index (Phi) is 5.53. The molecular weight excluding hydrogens is 567 g/mol. The molecule has 172 valence electrons.